The van der Waals surface area contributed by atoms with E-state index in [1.165, 1.54) is 36.1 Å². The Labute approximate surface area is 179 Å². The van der Waals surface area contributed by atoms with Crippen LogP contribution in [0.25, 0.3) is 0 Å². The van der Waals surface area contributed by atoms with Crippen LogP contribution in [0.1, 0.15) is 30.1 Å². The van der Waals surface area contributed by atoms with Crippen molar-refractivity contribution in [2.45, 2.75) is 30.7 Å². The molecule has 1 fully saturated rings. The zero-order valence-electron chi connectivity index (χ0n) is 16.7. The van der Waals surface area contributed by atoms with Crippen LogP contribution < -0.4 is 10.0 Å². The summed E-state index contributed by atoms with van der Waals surface area (Å²) >= 11 is 0. The lowest BCUT2D eigenvalue weighted by Gasteiger charge is -2.32. The Balaban J connectivity index is 1.60. The minimum absolute atomic E-state index is 0.0195. The molecule has 0 bridgehead atoms. The molecule has 2 aromatic rings. The maximum atomic E-state index is 12.6. The number of nitrogens with zero attached hydrogens (tertiary/aromatic N) is 1. The fourth-order valence-electron chi connectivity index (χ4n) is 3.32. The van der Waals surface area contributed by atoms with E-state index >= 15 is 0 Å². The highest BCUT2D eigenvalue weighted by molar-refractivity contribution is 7.89. The van der Waals surface area contributed by atoms with Gasteiger partial charge in [0.25, 0.3) is 5.91 Å². The van der Waals surface area contributed by atoms with Crippen molar-refractivity contribution in [3.63, 3.8) is 0 Å². The van der Waals surface area contributed by atoms with Crippen LogP contribution in [-0.4, -0.2) is 59.6 Å². The Hall–Kier alpha value is -3.31. The molecule has 5 N–H and O–H groups in total. The number of carbonyl (C=O) groups excluding carboxylic acids is 2. The first-order chi connectivity index (χ1) is 14.6. The lowest BCUT2D eigenvalue weighted by molar-refractivity contribution is -0.114. The molecule has 0 saturated carbocycles. The van der Waals surface area contributed by atoms with Crippen LogP contribution in [0.3, 0.4) is 0 Å². The van der Waals surface area contributed by atoms with Crippen molar-refractivity contribution in [2.75, 3.05) is 18.4 Å². The molecule has 1 heterocycles. The van der Waals surface area contributed by atoms with Crippen LogP contribution in [0.4, 0.5) is 5.69 Å². The number of anilines is 1. The van der Waals surface area contributed by atoms with Crippen molar-refractivity contribution in [3.8, 4) is 17.2 Å². The average molecular weight is 449 g/mol. The summed E-state index contributed by atoms with van der Waals surface area (Å²) in [5.41, 5.74) is 0.510. The van der Waals surface area contributed by atoms with Crippen LogP contribution in [-0.2, 0) is 14.8 Å². The van der Waals surface area contributed by atoms with Gasteiger partial charge in [-0.25, -0.2) is 13.1 Å². The van der Waals surface area contributed by atoms with Gasteiger partial charge in [-0.15, -0.1) is 0 Å². The molecule has 10 nitrogen and oxygen atoms in total. The predicted octanol–water partition coefficient (Wildman–Crippen LogP) is 1.34. The summed E-state index contributed by atoms with van der Waals surface area (Å²) in [6.45, 7) is 1.90. The van der Waals surface area contributed by atoms with Crippen LogP contribution in [0.15, 0.2) is 41.3 Å². The molecule has 0 atom stereocenters. The lowest BCUT2D eigenvalue weighted by Crippen LogP contribution is -2.46. The topological polar surface area (TPSA) is 156 Å². The van der Waals surface area contributed by atoms with E-state index < -0.39 is 33.2 Å². The van der Waals surface area contributed by atoms with Crippen LogP contribution in [0.5, 0.6) is 17.2 Å². The Morgan fingerprint density at radius 1 is 1.00 bits per heavy atom. The lowest BCUT2D eigenvalue weighted by atomic mass is 10.0. The first-order valence-corrected chi connectivity index (χ1v) is 11.0. The summed E-state index contributed by atoms with van der Waals surface area (Å²) in [5.74, 6) is -2.60. The first kappa shape index (κ1) is 22.4. The number of hydrogen-bond acceptors (Lipinski definition) is 7. The third-order valence-electron chi connectivity index (χ3n) is 4.91. The van der Waals surface area contributed by atoms with Crippen LogP contribution in [0, 0.1) is 0 Å². The van der Waals surface area contributed by atoms with Gasteiger partial charge < -0.3 is 25.5 Å². The van der Waals surface area contributed by atoms with Gasteiger partial charge >= 0.3 is 0 Å². The second kappa shape index (κ2) is 8.82. The van der Waals surface area contributed by atoms with Crippen LogP contribution in [0.2, 0.25) is 0 Å². The van der Waals surface area contributed by atoms with Gasteiger partial charge in [0.2, 0.25) is 15.9 Å². The number of nitrogens with one attached hydrogen (secondary N) is 2. The van der Waals surface area contributed by atoms with Crippen molar-refractivity contribution in [3.05, 3.63) is 42.0 Å². The quantitative estimate of drug-likeness (QED) is 0.431. The third kappa shape index (κ3) is 5.25. The van der Waals surface area contributed by atoms with Gasteiger partial charge in [0, 0.05) is 37.3 Å². The summed E-state index contributed by atoms with van der Waals surface area (Å²) in [6, 6.07) is 7.56. The molecule has 0 unspecified atom stereocenters. The van der Waals surface area contributed by atoms with E-state index in [0.717, 1.165) is 12.1 Å². The molecule has 2 amide bonds. The molecule has 31 heavy (non-hydrogen) atoms. The zero-order valence-corrected chi connectivity index (χ0v) is 17.5. The molecule has 3 rings (SSSR count). The van der Waals surface area contributed by atoms with Gasteiger partial charge in [-0.05, 0) is 49.2 Å². The van der Waals surface area contributed by atoms with E-state index in [1.807, 2.05) is 0 Å². The summed E-state index contributed by atoms with van der Waals surface area (Å²) in [7, 11) is -3.77. The normalized spacial score (nSPS) is 14.9. The minimum atomic E-state index is -3.77. The number of sulfonamides is 1. The molecule has 0 aliphatic carbocycles. The number of carbonyl (C=O) groups is 2. The maximum absolute atomic E-state index is 12.6. The molecular weight excluding hydrogens is 426 g/mol. The Bertz CT molecular complexity index is 1070. The first-order valence-electron chi connectivity index (χ1n) is 9.51. The van der Waals surface area contributed by atoms with Gasteiger partial charge in [0.1, 0.15) is 0 Å². The van der Waals surface area contributed by atoms with E-state index in [2.05, 4.69) is 10.0 Å². The smallest absolute Gasteiger partial charge is 0.254 e. The number of aromatic hydroxyl groups is 3. The number of amides is 2. The van der Waals surface area contributed by atoms with E-state index in [-0.39, 0.29) is 35.5 Å². The molecular formula is C20H23N3O7S. The van der Waals surface area contributed by atoms with Crippen molar-refractivity contribution in [1.29, 1.82) is 0 Å². The Morgan fingerprint density at radius 3 is 2.06 bits per heavy atom. The highest BCUT2D eigenvalue weighted by atomic mass is 32.2. The van der Waals surface area contributed by atoms with Crippen molar-refractivity contribution >= 4 is 27.5 Å². The maximum Gasteiger partial charge on any atom is 0.254 e. The minimum Gasteiger partial charge on any atom is -0.504 e. The second-order valence-electron chi connectivity index (χ2n) is 7.26. The summed E-state index contributed by atoms with van der Waals surface area (Å²) < 4.78 is 27.9. The second-order valence-corrected chi connectivity index (χ2v) is 8.97. The molecule has 2 aromatic carbocycles. The fourth-order valence-corrected chi connectivity index (χ4v) is 4.62. The molecule has 0 spiro atoms. The number of phenolic OH excluding ortho intramolecular Hbond substituents is 3. The van der Waals surface area contributed by atoms with Gasteiger partial charge in [-0.3, -0.25) is 9.59 Å². The van der Waals surface area contributed by atoms with Crippen molar-refractivity contribution in [1.82, 2.24) is 9.62 Å². The number of hydrogen-bond donors (Lipinski definition) is 5. The molecule has 0 radical (unpaired) electrons. The third-order valence-corrected chi connectivity index (χ3v) is 6.44. The highest BCUT2D eigenvalue weighted by Crippen LogP contribution is 2.35. The summed E-state index contributed by atoms with van der Waals surface area (Å²) in [6.07, 6.45) is 0.760. The average Bonchev–Trinajstić information content (AvgIpc) is 2.71. The standard InChI is InChI=1S/C20H23N3O7S/c1-12(24)21-14-2-4-16(5-3-14)31(29,30)22-15-6-8-23(9-7-15)20(28)13-10-17(25)19(27)18(26)11-13/h2-5,10-11,15,22,25-27H,6-9H2,1H3,(H,21,24). The molecule has 0 aromatic heterocycles. The molecule has 166 valence electrons. The highest BCUT2D eigenvalue weighted by Gasteiger charge is 2.28. The van der Waals surface area contributed by atoms with Crippen LogP contribution >= 0.6 is 0 Å². The van der Waals surface area contributed by atoms with E-state index in [1.54, 1.807) is 0 Å². The monoisotopic (exact) mass is 449 g/mol. The fraction of sp³-hybridized carbons (Fsp3) is 0.300. The van der Waals surface area contributed by atoms with Gasteiger partial charge in [0.05, 0.1) is 4.90 Å². The van der Waals surface area contributed by atoms with E-state index in [9.17, 15) is 33.3 Å². The number of benzene rings is 2. The Morgan fingerprint density at radius 2 is 1.55 bits per heavy atom. The SMILES string of the molecule is CC(=O)Nc1ccc(S(=O)(=O)NC2CCN(C(=O)c3cc(O)c(O)c(O)c3)CC2)cc1. The largest absolute Gasteiger partial charge is 0.504 e. The summed E-state index contributed by atoms with van der Waals surface area (Å²) in [4.78, 5) is 25.2. The van der Waals surface area contributed by atoms with Gasteiger partial charge in [-0.1, -0.05) is 0 Å². The molecule has 1 aliphatic rings. The van der Waals surface area contributed by atoms with E-state index in [0.29, 0.717) is 18.5 Å². The van der Waals surface area contributed by atoms with Crippen molar-refractivity contribution in [2.24, 2.45) is 0 Å². The molecule has 11 heteroatoms. The number of rotatable bonds is 5. The van der Waals surface area contributed by atoms with Gasteiger partial charge in [0.15, 0.2) is 17.2 Å². The van der Waals surface area contributed by atoms with Gasteiger partial charge in [-0.2, -0.15) is 0 Å². The zero-order chi connectivity index (χ0) is 22.8. The number of phenols is 3. The summed E-state index contributed by atoms with van der Waals surface area (Å²) in [5, 5.41) is 31.1. The predicted molar refractivity (Wildman–Crippen MR) is 111 cm³/mol. The van der Waals surface area contributed by atoms with Crippen molar-refractivity contribution < 1.29 is 33.3 Å². The molecule has 1 saturated heterocycles. The molecule has 1 aliphatic heterocycles. The Kier molecular flexibility index (Phi) is 6.37. The number of piperidine rings is 1. The van der Waals surface area contributed by atoms with E-state index in [4.69, 9.17) is 0 Å². The number of likely N-dealkylation sites (tertiary alicyclic amines) is 1.